The summed E-state index contributed by atoms with van der Waals surface area (Å²) >= 11 is 5.54. The molecule has 0 unspecified atom stereocenters. The van der Waals surface area contributed by atoms with Gasteiger partial charge < -0.3 is 9.64 Å². The zero-order valence-corrected chi connectivity index (χ0v) is 11.8. The third-order valence-corrected chi connectivity index (χ3v) is 3.02. The molecule has 0 aliphatic heterocycles. The number of nitro benzene ring substituents is 1. The number of ether oxygens (including phenoxy) is 1. The van der Waals surface area contributed by atoms with Crippen LogP contribution in [0.2, 0.25) is 5.02 Å². The quantitative estimate of drug-likeness (QED) is 0.459. The molecule has 0 N–H and O–H groups in total. The number of rotatable bonds is 6. The molecule has 0 saturated carbocycles. The van der Waals surface area contributed by atoms with Crippen LogP contribution in [-0.2, 0) is 9.53 Å². The van der Waals surface area contributed by atoms with Crippen molar-refractivity contribution in [1.29, 1.82) is 0 Å². The summed E-state index contributed by atoms with van der Waals surface area (Å²) in [4.78, 5) is 22.8. The van der Waals surface area contributed by atoms with Crippen molar-refractivity contribution >= 4 is 28.9 Å². The molecule has 0 spiro atoms. The Hall–Kier alpha value is -1.89. The summed E-state index contributed by atoms with van der Waals surface area (Å²) in [6.45, 7) is 0.344. The SMILES string of the molecule is COC(=O)CCCN(C)c1cc(F)c(Cl)cc1[N+](=O)[O-]. The van der Waals surface area contributed by atoms with Gasteiger partial charge in [-0.25, -0.2) is 4.39 Å². The van der Waals surface area contributed by atoms with E-state index >= 15 is 0 Å². The number of nitro groups is 1. The average Bonchev–Trinajstić information content (AvgIpc) is 2.40. The highest BCUT2D eigenvalue weighted by atomic mass is 35.5. The number of carbonyl (C=O) groups excluding carboxylic acids is 1. The standard InChI is InChI=1S/C12H14ClFN2O4/c1-15(5-3-4-12(17)20-2)10-7-9(14)8(13)6-11(10)16(18)19/h6-7H,3-5H2,1-2H3. The first-order chi connectivity index (χ1) is 9.36. The fourth-order valence-electron chi connectivity index (χ4n) is 1.66. The minimum Gasteiger partial charge on any atom is -0.469 e. The van der Waals surface area contributed by atoms with Crippen LogP contribution in [0.15, 0.2) is 12.1 Å². The second-order valence-electron chi connectivity index (χ2n) is 4.11. The molecule has 0 aliphatic carbocycles. The van der Waals surface area contributed by atoms with Crippen LogP contribution >= 0.6 is 11.6 Å². The molecule has 0 fully saturated rings. The van der Waals surface area contributed by atoms with Crippen molar-refractivity contribution in [2.24, 2.45) is 0 Å². The Morgan fingerprint density at radius 2 is 2.20 bits per heavy atom. The molecule has 0 atom stereocenters. The van der Waals surface area contributed by atoms with E-state index in [0.29, 0.717) is 13.0 Å². The van der Waals surface area contributed by atoms with Gasteiger partial charge in [0, 0.05) is 32.1 Å². The molecule has 6 nitrogen and oxygen atoms in total. The molecule has 110 valence electrons. The maximum atomic E-state index is 13.4. The Labute approximate surface area is 120 Å². The van der Waals surface area contributed by atoms with E-state index in [1.54, 1.807) is 7.05 Å². The molecule has 0 aromatic heterocycles. The lowest BCUT2D eigenvalue weighted by atomic mass is 10.2. The summed E-state index contributed by atoms with van der Waals surface area (Å²) in [6.07, 6.45) is 0.620. The van der Waals surface area contributed by atoms with Crippen LogP contribution in [0.1, 0.15) is 12.8 Å². The van der Waals surface area contributed by atoms with E-state index in [1.165, 1.54) is 12.0 Å². The number of methoxy groups -OCH3 is 1. The number of anilines is 1. The third kappa shape index (κ3) is 4.06. The molecule has 0 radical (unpaired) electrons. The fraction of sp³-hybridized carbons (Fsp3) is 0.417. The minimum absolute atomic E-state index is 0.113. The molecule has 0 amide bonds. The van der Waals surface area contributed by atoms with Gasteiger partial charge in [0.15, 0.2) is 0 Å². The molecule has 1 rings (SSSR count). The molecule has 1 aromatic rings. The first-order valence-electron chi connectivity index (χ1n) is 5.78. The highest BCUT2D eigenvalue weighted by Crippen LogP contribution is 2.32. The first-order valence-corrected chi connectivity index (χ1v) is 6.16. The molecular formula is C12H14ClFN2O4. The van der Waals surface area contributed by atoms with Crippen molar-refractivity contribution in [2.45, 2.75) is 12.8 Å². The van der Waals surface area contributed by atoms with Gasteiger partial charge in [0.25, 0.3) is 5.69 Å². The maximum absolute atomic E-state index is 13.4. The summed E-state index contributed by atoms with van der Waals surface area (Å²) in [7, 11) is 2.86. The van der Waals surface area contributed by atoms with E-state index < -0.39 is 10.7 Å². The lowest BCUT2D eigenvalue weighted by Gasteiger charge is -2.19. The van der Waals surface area contributed by atoms with Crippen LogP contribution in [0, 0.1) is 15.9 Å². The average molecular weight is 305 g/mol. The Morgan fingerprint density at radius 3 is 2.75 bits per heavy atom. The van der Waals surface area contributed by atoms with Gasteiger partial charge in [-0.05, 0) is 6.42 Å². The summed E-state index contributed by atoms with van der Waals surface area (Å²) in [5.41, 5.74) is -0.168. The van der Waals surface area contributed by atoms with E-state index in [2.05, 4.69) is 4.74 Å². The largest absolute Gasteiger partial charge is 0.469 e. The first kappa shape index (κ1) is 16.2. The van der Waals surface area contributed by atoms with Crippen LogP contribution in [0.25, 0.3) is 0 Å². The molecule has 0 heterocycles. The summed E-state index contributed by atoms with van der Waals surface area (Å²) in [5, 5.41) is 10.6. The number of benzene rings is 1. The zero-order chi connectivity index (χ0) is 15.3. The van der Waals surface area contributed by atoms with Gasteiger partial charge in [0.1, 0.15) is 11.5 Å². The number of hydrogen-bond acceptors (Lipinski definition) is 5. The Kier molecular flexibility index (Phi) is 5.69. The van der Waals surface area contributed by atoms with Crippen molar-refractivity contribution in [1.82, 2.24) is 0 Å². The molecule has 0 aliphatic rings. The van der Waals surface area contributed by atoms with Gasteiger partial charge in [-0.15, -0.1) is 0 Å². The Morgan fingerprint density at radius 1 is 1.55 bits per heavy atom. The molecule has 0 bridgehead atoms. The van der Waals surface area contributed by atoms with Crippen LogP contribution in [0.4, 0.5) is 15.8 Å². The smallest absolute Gasteiger partial charge is 0.305 e. The van der Waals surface area contributed by atoms with E-state index in [-0.39, 0.29) is 28.8 Å². The van der Waals surface area contributed by atoms with Crippen molar-refractivity contribution in [3.63, 3.8) is 0 Å². The van der Waals surface area contributed by atoms with Gasteiger partial charge in [-0.1, -0.05) is 11.6 Å². The van der Waals surface area contributed by atoms with Crippen LogP contribution in [0.5, 0.6) is 0 Å². The molecule has 8 heteroatoms. The van der Waals surface area contributed by atoms with E-state index in [1.807, 2.05) is 0 Å². The maximum Gasteiger partial charge on any atom is 0.305 e. The van der Waals surface area contributed by atoms with E-state index in [9.17, 15) is 19.3 Å². The fourth-order valence-corrected chi connectivity index (χ4v) is 1.82. The molecule has 1 aromatic carbocycles. The van der Waals surface area contributed by atoms with Crippen LogP contribution < -0.4 is 4.90 Å². The number of hydrogen-bond donors (Lipinski definition) is 0. The highest BCUT2D eigenvalue weighted by molar-refractivity contribution is 6.31. The topological polar surface area (TPSA) is 72.7 Å². The summed E-state index contributed by atoms with van der Waals surface area (Å²) in [5.74, 6) is -1.10. The van der Waals surface area contributed by atoms with Gasteiger partial charge in [-0.2, -0.15) is 0 Å². The summed E-state index contributed by atoms with van der Waals surface area (Å²) < 4.78 is 17.9. The summed E-state index contributed by atoms with van der Waals surface area (Å²) in [6, 6.07) is 1.99. The minimum atomic E-state index is -0.730. The number of nitrogens with zero attached hydrogens (tertiary/aromatic N) is 2. The lowest BCUT2D eigenvalue weighted by Crippen LogP contribution is -2.20. The Balaban J connectivity index is 2.86. The highest BCUT2D eigenvalue weighted by Gasteiger charge is 2.20. The predicted octanol–water partition coefficient (Wildman–Crippen LogP) is 2.78. The van der Waals surface area contributed by atoms with Crippen molar-refractivity contribution < 1.29 is 18.8 Å². The number of halogens is 2. The molecule has 20 heavy (non-hydrogen) atoms. The monoisotopic (exact) mass is 304 g/mol. The van der Waals surface area contributed by atoms with E-state index in [4.69, 9.17) is 11.6 Å². The second-order valence-corrected chi connectivity index (χ2v) is 4.52. The lowest BCUT2D eigenvalue weighted by molar-refractivity contribution is -0.384. The second kappa shape index (κ2) is 7.04. The van der Waals surface area contributed by atoms with Gasteiger partial charge in [-0.3, -0.25) is 14.9 Å². The van der Waals surface area contributed by atoms with Crippen LogP contribution in [-0.4, -0.2) is 31.6 Å². The van der Waals surface area contributed by atoms with E-state index in [0.717, 1.165) is 12.1 Å². The number of esters is 1. The Bertz CT molecular complexity index is 524. The van der Waals surface area contributed by atoms with Crippen molar-refractivity contribution in [3.05, 3.63) is 33.1 Å². The predicted molar refractivity (Wildman–Crippen MR) is 72.6 cm³/mol. The van der Waals surface area contributed by atoms with Crippen molar-refractivity contribution in [3.8, 4) is 0 Å². The third-order valence-electron chi connectivity index (χ3n) is 2.73. The normalized spacial score (nSPS) is 10.2. The van der Waals surface area contributed by atoms with Crippen molar-refractivity contribution in [2.75, 3.05) is 25.6 Å². The molecular weight excluding hydrogens is 291 g/mol. The number of carbonyl (C=O) groups is 1. The van der Waals surface area contributed by atoms with Crippen LogP contribution in [0.3, 0.4) is 0 Å². The van der Waals surface area contributed by atoms with Gasteiger partial charge in [0.05, 0.1) is 17.1 Å². The molecule has 0 saturated heterocycles. The van der Waals surface area contributed by atoms with Gasteiger partial charge in [0.2, 0.25) is 0 Å². The van der Waals surface area contributed by atoms with Gasteiger partial charge >= 0.3 is 5.97 Å². The zero-order valence-electron chi connectivity index (χ0n) is 11.1.